The van der Waals surface area contributed by atoms with Crippen molar-refractivity contribution in [2.75, 3.05) is 20.0 Å². The Balaban J connectivity index is 2.25. The number of benzene rings is 1. The van der Waals surface area contributed by atoms with Crippen molar-refractivity contribution >= 4 is 17.0 Å². The van der Waals surface area contributed by atoms with E-state index in [1.807, 2.05) is 12.1 Å². The maximum Gasteiger partial charge on any atom is 0.201 e. The van der Waals surface area contributed by atoms with Crippen LogP contribution in [-0.2, 0) is 5.54 Å². The molecule has 0 radical (unpaired) electrons. The zero-order valence-electron chi connectivity index (χ0n) is 11.6. The van der Waals surface area contributed by atoms with Crippen molar-refractivity contribution < 1.29 is 9.47 Å². The number of anilines is 1. The number of nitrogens with two attached hydrogens (primary N) is 1. The smallest absolute Gasteiger partial charge is 0.201 e. The van der Waals surface area contributed by atoms with Crippen LogP contribution in [0, 0.1) is 0 Å². The summed E-state index contributed by atoms with van der Waals surface area (Å²) in [7, 11) is 3.26. The minimum Gasteiger partial charge on any atom is -0.493 e. The number of hydrogen-bond donors (Lipinski definition) is 1. The Morgan fingerprint density at radius 3 is 2.37 bits per heavy atom. The Morgan fingerprint density at radius 1 is 1.21 bits per heavy atom. The lowest BCUT2D eigenvalue weighted by Gasteiger charge is -2.40. The van der Waals surface area contributed by atoms with E-state index in [4.69, 9.17) is 15.2 Å². The summed E-state index contributed by atoms with van der Waals surface area (Å²) >= 11 is 0. The monoisotopic (exact) mass is 261 g/mol. The molecule has 0 saturated heterocycles. The van der Waals surface area contributed by atoms with Crippen LogP contribution in [0.3, 0.4) is 0 Å². The third-order valence-electron chi connectivity index (χ3n) is 4.16. The van der Waals surface area contributed by atoms with E-state index in [0.29, 0.717) is 17.4 Å². The number of nitrogens with zero attached hydrogens (tertiary/aromatic N) is 2. The third kappa shape index (κ3) is 1.64. The molecule has 3 rings (SSSR count). The number of methoxy groups -OCH3 is 2. The molecule has 19 heavy (non-hydrogen) atoms. The Labute approximate surface area is 112 Å². The van der Waals surface area contributed by atoms with Crippen LogP contribution in [0.1, 0.15) is 26.2 Å². The summed E-state index contributed by atoms with van der Waals surface area (Å²) in [6, 6.07) is 3.84. The SMILES string of the molecule is COc1cc2nc(N)n(C3(C)CCC3)c2cc1OC. The average Bonchev–Trinajstić information content (AvgIpc) is 2.69. The van der Waals surface area contributed by atoms with Crippen LogP contribution in [0.25, 0.3) is 11.0 Å². The maximum atomic E-state index is 6.10. The van der Waals surface area contributed by atoms with Gasteiger partial charge in [0.1, 0.15) is 0 Å². The second kappa shape index (κ2) is 4.05. The molecule has 2 N–H and O–H groups in total. The molecule has 1 heterocycles. The molecule has 0 aliphatic heterocycles. The van der Waals surface area contributed by atoms with Crippen molar-refractivity contribution in [3.05, 3.63) is 12.1 Å². The van der Waals surface area contributed by atoms with Crippen LogP contribution >= 0.6 is 0 Å². The quantitative estimate of drug-likeness (QED) is 0.922. The van der Waals surface area contributed by atoms with E-state index in [-0.39, 0.29) is 5.54 Å². The lowest BCUT2D eigenvalue weighted by atomic mass is 9.78. The fraction of sp³-hybridized carbons (Fsp3) is 0.500. The first-order valence-corrected chi connectivity index (χ1v) is 6.49. The molecule has 0 atom stereocenters. The number of nitrogen functional groups attached to an aromatic ring is 1. The minimum absolute atomic E-state index is 0.0818. The lowest BCUT2D eigenvalue weighted by molar-refractivity contribution is 0.177. The first kappa shape index (κ1) is 12.1. The normalized spacial score (nSPS) is 17.2. The molecule has 2 aromatic rings. The van der Waals surface area contributed by atoms with Crippen molar-refractivity contribution in [1.82, 2.24) is 9.55 Å². The zero-order valence-corrected chi connectivity index (χ0v) is 11.6. The van der Waals surface area contributed by atoms with E-state index in [2.05, 4.69) is 16.5 Å². The van der Waals surface area contributed by atoms with E-state index in [0.717, 1.165) is 23.9 Å². The summed E-state index contributed by atoms with van der Waals surface area (Å²) < 4.78 is 12.8. The highest BCUT2D eigenvalue weighted by atomic mass is 16.5. The molecule has 102 valence electrons. The van der Waals surface area contributed by atoms with Crippen LogP contribution in [0.4, 0.5) is 5.95 Å². The van der Waals surface area contributed by atoms with E-state index in [9.17, 15) is 0 Å². The topological polar surface area (TPSA) is 62.3 Å². The van der Waals surface area contributed by atoms with Crippen LogP contribution < -0.4 is 15.2 Å². The molecule has 0 unspecified atom stereocenters. The Morgan fingerprint density at radius 2 is 1.84 bits per heavy atom. The third-order valence-corrected chi connectivity index (χ3v) is 4.16. The van der Waals surface area contributed by atoms with Gasteiger partial charge < -0.3 is 19.8 Å². The van der Waals surface area contributed by atoms with Gasteiger partial charge in [0.25, 0.3) is 0 Å². The number of imidazole rings is 1. The summed E-state index contributed by atoms with van der Waals surface area (Å²) in [6.45, 7) is 2.23. The molecule has 1 aromatic carbocycles. The number of aromatic nitrogens is 2. The summed E-state index contributed by atoms with van der Waals surface area (Å²) in [5.41, 5.74) is 8.05. The van der Waals surface area contributed by atoms with Crippen LogP contribution in [-0.4, -0.2) is 23.8 Å². The summed E-state index contributed by atoms with van der Waals surface area (Å²) in [5, 5.41) is 0. The predicted molar refractivity (Wildman–Crippen MR) is 74.7 cm³/mol. The van der Waals surface area contributed by atoms with Crippen LogP contribution in [0.2, 0.25) is 0 Å². The van der Waals surface area contributed by atoms with Crippen LogP contribution in [0.15, 0.2) is 12.1 Å². The van der Waals surface area contributed by atoms with E-state index in [1.165, 1.54) is 6.42 Å². The molecule has 0 bridgehead atoms. The number of rotatable bonds is 3. The Bertz CT molecular complexity index is 629. The Hall–Kier alpha value is -1.91. The van der Waals surface area contributed by atoms with Crippen LogP contribution in [0.5, 0.6) is 11.5 Å². The van der Waals surface area contributed by atoms with Crippen molar-refractivity contribution in [2.24, 2.45) is 0 Å². The average molecular weight is 261 g/mol. The first-order chi connectivity index (χ1) is 9.09. The molecule has 5 heteroatoms. The van der Waals surface area contributed by atoms with Gasteiger partial charge in [-0.05, 0) is 26.2 Å². The highest BCUT2D eigenvalue weighted by Gasteiger charge is 2.36. The van der Waals surface area contributed by atoms with Gasteiger partial charge in [-0.15, -0.1) is 0 Å². The summed E-state index contributed by atoms with van der Waals surface area (Å²) in [4.78, 5) is 4.45. The minimum atomic E-state index is 0.0818. The van der Waals surface area contributed by atoms with Gasteiger partial charge in [0.05, 0.1) is 25.3 Å². The first-order valence-electron chi connectivity index (χ1n) is 6.49. The van der Waals surface area contributed by atoms with Gasteiger partial charge in [0, 0.05) is 17.7 Å². The standard InChI is InChI=1S/C14H19N3O2/c1-14(5-4-6-14)17-10-8-12(19-3)11(18-2)7-9(10)16-13(17)15/h7-8H,4-6H2,1-3H3,(H2,15,16). The highest BCUT2D eigenvalue weighted by Crippen LogP contribution is 2.43. The van der Waals surface area contributed by atoms with Crippen molar-refractivity contribution in [1.29, 1.82) is 0 Å². The molecule has 0 spiro atoms. The largest absolute Gasteiger partial charge is 0.493 e. The fourth-order valence-corrected chi connectivity index (χ4v) is 2.90. The van der Waals surface area contributed by atoms with Gasteiger partial charge in [-0.25, -0.2) is 4.98 Å². The van der Waals surface area contributed by atoms with Crippen molar-refractivity contribution in [3.8, 4) is 11.5 Å². The van der Waals surface area contributed by atoms with Crippen molar-refractivity contribution in [3.63, 3.8) is 0 Å². The van der Waals surface area contributed by atoms with Gasteiger partial charge in [0.2, 0.25) is 5.95 Å². The molecule has 5 nitrogen and oxygen atoms in total. The molecule has 1 aliphatic rings. The van der Waals surface area contributed by atoms with Gasteiger partial charge >= 0.3 is 0 Å². The van der Waals surface area contributed by atoms with E-state index >= 15 is 0 Å². The van der Waals surface area contributed by atoms with E-state index in [1.54, 1.807) is 14.2 Å². The molecule has 1 saturated carbocycles. The molecule has 1 fully saturated rings. The van der Waals surface area contributed by atoms with Gasteiger partial charge in [-0.2, -0.15) is 0 Å². The van der Waals surface area contributed by atoms with E-state index < -0.39 is 0 Å². The number of ether oxygens (including phenoxy) is 2. The summed E-state index contributed by atoms with van der Waals surface area (Å²) in [6.07, 6.45) is 3.51. The molecular weight excluding hydrogens is 242 g/mol. The molecule has 1 aliphatic carbocycles. The maximum absolute atomic E-state index is 6.10. The molecule has 1 aromatic heterocycles. The van der Waals surface area contributed by atoms with Gasteiger partial charge in [-0.1, -0.05) is 0 Å². The highest BCUT2D eigenvalue weighted by molar-refractivity contribution is 5.83. The van der Waals surface area contributed by atoms with Gasteiger partial charge in [-0.3, -0.25) is 0 Å². The Kier molecular flexibility index (Phi) is 2.59. The van der Waals surface area contributed by atoms with Gasteiger partial charge in [0.15, 0.2) is 11.5 Å². The van der Waals surface area contributed by atoms with Crippen molar-refractivity contribution in [2.45, 2.75) is 31.7 Å². The predicted octanol–water partition coefficient (Wildman–Crippen LogP) is 2.53. The second-order valence-electron chi connectivity index (χ2n) is 5.35. The number of fused-ring (bicyclic) bond motifs is 1. The molecular formula is C14H19N3O2. The lowest BCUT2D eigenvalue weighted by Crippen LogP contribution is -2.37. The summed E-state index contributed by atoms with van der Waals surface area (Å²) in [5.74, 6) is 1.95. The number of hydrogen-bond acceptors (Lipinski definition) is 4. The molecule has 0 amide bonds. The fourth-order valence-electron chi connectivity index (χ4n) is 2.90. The zero-order chi connectivity index (χ0) is 13.6. The second-order valence-corrected chi connectivity index (χ2v) is 5.35.